The fourth-order valence-corrected chi connectivity index (χ4v) is 2.62. The Kier molecular flexibility index (Phi) is 6.17. The van der Waals surface area contributed by atoms with Gasteiger partial charge in [0.15, 0.2) is 0 Å². The smallest absolute Gasteiger partial charge is 0.355 e. The summed E-state index contributed by atoms with van der Waals surface area (Å²) in [5.74, 6) is -1.99. The van der Waals surface area contributed by atoms with Crippen molar-refractivity contribution < 1.29 is 19.6 Å². The minimum atomic E-state index is -1.09. The van der Waals surface area contributed by atoms with Crippen LogP contribution in [0.5, 0.6) is 0 Å². The van der Waals surface area contributed by atoms with Crippen molar-refractivity contribution in [1.29, 1.82) is 0 Å². The lowest BCUT2D eigenvalue weighted by Gasteiger charge is -2.11. The van der Waals surface area contributed by atoms with E-state index in [1.165, 1.54) is 24.3 Å². The maximum atomic E-state index is 12.2. The molecule has 2 aromatic carbocycles. The van der Waals surface area contributed by atoms with Crippen LogP contribution in [0.3, 0.4) is 0 Å². The van der Waals surface area contributed by atoms with Crippen LogP contribution in [-0.2, 0) is 0 Å². The van der Waals surface area contributed by atoms with Gasteiger partial charge in [-0.15, -0.1) is 0 Å². The molecule has 0 radical (unpaired) electrons. The molecule has 1 amide bonds. The Morgan fingerprint density at radius 3 is 2.17 bits per heavy atom. The molecule has 1 heterocycles. The molecule has 4 N–H and O–H groups in total. The number of benzene rings is 2. The normalized spacial score (nSPS) is 10.2. The Labute approximate surface area is 177 Å². The topological polar surface area (TPSA) is 159 Å². The van der Waals surface area contributed by atoms with Crippen molar-refractivity contribution in [3.05, 3.63) is 80.6 Å². The predicted molar refractivity (Wildman–Crippen MR) is 111 cm³/mol. The van der Waals surface area contributed by atoms with Crippen LogP contribution in [0.15, 0.2) is 59.3 Å². The van der Waals surface area contributed by atoms with Crippen molar-refractivity contribution in [1.82, 2.24) is 15.4 Å². The van der Waals surface area contributed by atoms with E-state index in [1.807, 2.05) is 0 Å². The summed E-state index contributed by atoms with van der Waals surface area (Å²) in [6.45, 7) is 0. The van der Waals surface area contributed by atoms with Gasteiger partial charge in [-0.05, 0) is 48.5 Å². The summed E-state index contributed by atoms with van der Waals surface area (Å²) in [5.41, 5.74) is 5.06. The Balaban J connectivity index is 1.80. The van der Waals surface area contributed by atoms with Crippen LogP contribution in [0.4, 0.5) is 23.0 Å². The molecular formula is C18H13BrN6O5. The number of carbonyl (C=O) groups is 2. The standard InChI is InChI=1S/C18H13BrN6O5/c19-12-5-1-10(2-6-12)17(26)24-23-16-14(25(29)30)15(20-9-21-16)22-13-7-3-11(4-8-13)18(27)28/h1-9H,(H,24,26)(H,27,28)(H2,20,21,22,23). The van der Waals surface area contributed by atoms with Gasteiger partial charge >= 0.3 is 11.7 Å². The first-order chi connectivity index (χ1) is 14.3. The van der Waals surface area contributed by atoms with E-state index in [0.29, 0.717) is 11.3 Å². The zero-order valence-corrected chi connectivity index (χ0v) is 16.6. The minimum absolute atomic E-state index is 0.0655. The van der Waals surface area contributed by atoms with Crippen molar-refractivity contribution in [3.63, 3.8) is 0 Å². The number of hydrogen-bond donors (Lipinski definition) is 4. The average Bonchev–Trinajstić information content (AvgIpc) is 2.72. The fourth-order valence-electron chi connectivity index (χ4n) is 2.36. The number of rotatable bonds is 7. The number of nitrogens with zero attached hydrogens (tertiary/aromatic N) is 3. The highest BCUT2D eigenvalue weighted by atomic mass is 79.9. The number of carbonyl (C=O) groups excluding carboxylic acids is 1. The van der Waals surface area contributed by atoms with Gasteiger partial charge in [0.1, 0.15) is 6.33 Å². The van der Waals surface area contributed by atoms with E-state index in [2.05, 4.69) is 42.1 Å². The van der Waals surface area contributed by atoms with Crippen LogP contribution in [0.1, 0.15) is 20.7 Å². The summed E-state index contributed by atoms with van der Waals surface area (Å²) in [7, 11) is 0. The van der Waals surface area contributed by atoms with Gasteiger partial charge in [-0.3, -0.25) is 25.8 Å². The van der Waals surface area contributed by atoms with E-state index in [4.69, 9.17) is 5.11 Å². The third-order valence-electron chi connectivity index (χ3n) is 3.80. The summed E-state index contributed by atoms with van der Waals surface area (Å²) in [5, 5.41) is 23.3. The zero-order valence-electron chi connectivity index (χ0n) is 15.0. The number of amides is 1. The first-order valence-electron chi connectivity index (χ1n) is 8.27. The molecule has 3 rings (SSSR count). The summed E-state index contributed by atoms with van der Waals surface area (Å²) >= 11 is 3.27. The van der Waals surface area contributed by atoms with Crippen LogP contribution in [0.25, 0.3) is 0 Å². The van der Waals surface area contributed by atoms with Crippen LogP contribution in [-0.4, -0.2) is 31.9 Å². The Morgan fingerprint density at radius 2 is 1.57 bits per heavy atom. The van der Waals surface area contributed by atoms with Crippen molar-refractivity contribution >= 4 is 50.8 Å². The second-order valence-electron chi connectivity index (χ2n) is 5.77. The second kappa shape index (κ2) is 8.96. The second-order valence-corrected chi connectivity index (χ2v) is 6.69. The van der Waals surface area contributed by atoms with Gasteiger partial charge in [-0.2, -0.15) is 0 Å². The van der Waals surface area contributed by atoms with E-state index in [1.54, 1.807) is 24.3 Å². The van der Waals surface area contributed by atoms with Crippen LogP contribution >= 0.6 is 15.9 Å². The first-order valence-corrected chi connectivity index (χ1v) is 9.06. The lowest BCUT2D eigenvalue weighted by molar-refractivity contribution is -0.383. The van der Waals surface area contributed by atoms with E-state index in [0.717, 1.165) is 10.8 Å². The Bertz CT molecular complexity index is 1110. The molecule has 0 fully saturated rings. The summed E-state index contributed by atoms with van der Waals surface area (Å²) in [4.78, 5) is 41.7. The number of anilines is 3. The SMILES string of the molecule is O=C(O)c1ccc(Nc2ncnc(NNC(=O)c3ccc(Br)cc3)c2[N+](=O)[O-])cc1. The van der Waals surface area contributed by atoms with E-state index in [9.17, 15) is 19.7 Å². The minimum Gasteiger partial charge on any atom is -0.478 e. The number of nitrogens with one attached hydrogen (secondary N) is 3. The van der Waals surface area contributed by atoms with Gasteiger partial charge in [0.25, 0.3) is 5.91 Å². The van der Waals surface area contributed by atoms with Crippen LogP contribution in [0, 0.1) is 10.1 Å². The fraction of sp³-hybridized carbons (Fsp3) is 0. The molecule has 1 aromatic heterocycles. The number of carboxylic acid groups (broad SMARTS) is 1. The highest BCUT2D eigenvalue weighted by Gasteiger charge is 2.24. The summed E-state index contributed by atoms with van der Waals surface area (Å²) in [6.07, 6.45) is 1.08. The number of carboxylic acids is 1. The van der Waals surface area contributed by atoms with Crippen LogP contribution in [0.2, 0.25) is 0 Å². The van der Waals surface area contributed by atoms with Gasteiger partial charge in [0.2, 0.25) is 11.6 Å². The Morgan fingerprint density at radius 1 is 0.967 bits per heavy atom. The van der Waals surface area contributed by atoms with Gasteiger partial charge < -0.3 is 10.4 Å². The molecule has 3 aromatic rings. The van der Waals surface area contributed by atoms with Crippen molar-refractivity contribution in [2.45, 2.75) is 0 Å². The number of aromatic nitrogens is 2. The lowest BCUT2D eigenvalue weighted by atomic mass is 10.2. The van der Waals surface area contributed by atoms with Gasteiger partial charge in [0, 0.05) is 15.7 Å². The molecule has 0 saturated carbocycles. The highest BCUT2D eigenvalue weighted by Crippen LogP contribution is 2.30. The van der Waals surface area contributed by atoms with Gasteiger partial charge in [-0.25, -0.2) is 14.8 Å². The van der Waals surface area contributed by atoms with Crippen LogP contribution < -0.4 is 16.2 Å². The predicted octanol–water partition coefficient (Wildman–Crippen LogP) is 3.35. The average molecular weight is 473 g/mol. The molecule has 30 heavy (non-hydrogen) atoms. The molecule has 0 bridgehead atoms. The molecule has 12 heteroatoms. The van der Waals surface area contributed by atoms with Crippen molar-refractivity contribution in [2.24, 2.45) is 0 Å². The lowest BCUT2D eigenvalue weighted by Crippen LogP contribution is -2.30. The largest absolute Gasteiger partial charge is 0.478 e. The number of hydrogen-bond acceptors (Lipinski definition) is 8. The summed E-state index contributed by atoms with van der Waals surface area (Å²) in [6, 6.07) is 12.1. The number of aromatic carboxylic acids is 1. The molecule has 0 aliphatic carbocycles. The van der Waals surface area contributed by atoms with E-state index < -0.39 is 22.5 Å². The van der Waals surface area contributed by atoms with Crippen molar-refractivity contribution in [2.75, 3.05) is 10.7 Å². The van der Waals surface area contributed by atoms with Gasteiger partial charge in [0.05, 0.1) is 10.5 Å². The molecule has 0 aliphatic rings. The molecule has 0 atom stereocenters. The molecule has 0 saturated heterocycles. The molecule has 0 unspecified atom stereocenters. The monoisotopic (exact) mass is 472 g/mol. The summed E-state index contributed by atoms with van der Waals surface area (Å²) < 4.78 is 0.797. The Hall–Kier alpha value is -4.06. The highest BCUT2D eigenvalue weighted by molar-refractivity contribution is 9.10. The third-order valence-corrected chi connectivity index (χ3v) is 4.33. The van der Waals surface area contributed by atoms with Crippen molar-refractivity contribution in [3.8, 4) is 0 Å². The maximum Gasteiger partial charge on any atom is 0.355 e. The van der Waals surface area contributed by atoms with E-state index in [-0.39, 0.29) is 17.2 Å². The zero-order chi connectivity index (χ0) is 21.7. The van der Waals surface area contributed by atoms with E-state index >= 15 is 0 Å². The maximum absolute atomic E-state index is 12.2. The van der Waals surface area contributed by atoms with Gasteiger partial charge in [-0.1, -0.05) is 15.9 Å². The molecule has 11 nitrogen and oxygen atoms in total. The third kappa shape index (κ3) is 4.86. The molecule has 0 aliphatic heterocycles. The first kappa shape index (κ1) is 20.7. The quantitative estimate of drug-likeness (QED) is 0.298. The molecule has 0 spiro atoms. The number of nitro groups is 1. The molecule has 152 valence electrons. The number of halogens is 1. The number of hydrazine groups is 1. The molecular weight excluding hydrogens is 460 g/mol.